The third-order valence-electron chi connectivity index (χ3n) is 3.87. The number of likely N-dealkylation sites (tertiary alicyclic amines) is 1. The maximum absolute atomic E-state index is 12.2. The van der Waals surface area contributed by atoms with E-state index < -0.39 is 0 Å². The van der Waals surface area contributed by atoms with Gasteiger partial charge >= 0.3 is 0 Å². The number of amides is 1. The third kappa shape index (κ3) is 5.00. The van der Waals surface area contributed by atoms with Crippen LogP contribution in [0.25, 0.3) is 0 Å². The molecule has 0 bridgehead atoms. The molecule has 1 aliphatic heterocycles. The van der Waals surface area contributed by atoms with Gasteiger partial charge in [-0.2, -0.15) is 0 Å². The largest absolute Gasteiger partial charge is 0.492 e. The van der Waals surface area contributed by atoms with Crippen LogP contribution in [0.1, 0.15) is 19.3 Å². The van der Waals surface area contributed by atoms with E-state index in [9.17, 15) is 4.79 Å². The van der Waals surface area contributed by atoms with Crippen molar-refractivity contribution in [2.45, 2.75) is 19.3 Å². The first-order valence-corrected chi connectivity index (χ1v) is 8.29. The third-order valence-corrected chi connectivity index (χ3v) is 4.53. The predicted molar refractivity (Wildman–Crippen MR) is 87.5 cm³/mol. The Bertz CT molecular complexity index is 459. The number of hydrogen-bond donors (Lipinski definition) is 1. The van der Waals surface area contributed by atoms with E-state index in [4.69, 9.17) is 4.74 Å². The van der Waals surface area contributed by atoms with Crippen molar-refractivity contribution < 1.29 is 9.53 Å². The molecule has 1 amide bonds. The Kier molecular flexibility index (Phi) is 6.51. The number of carbonyl (C=O) groups is 1. The molecule has 1 fully saturated rings. The van der Waals surface area contributed by atoms with Crippen molar-refractivity contribution in [3.63, 3.8) is 0 Å². The van der Waals surface area contributed by atoms with Crippen molar-refractivity contribution in [2.75, 3.05) is 33.3 Å². The highest BCUT2D eigenvalue weighted by Crippen LogP contribution is 2.24. The van der Waals surface area contributed by atoms with Gasteiger partial charge in [-0.05, 0) is 60.4 Å². The Balaban J connectivity index is 1.70. The van der Waals surface area contributed by atoms with Gasteiger partial charge in [-0.1, -0.05) is 12.1 Å². The van der Waals surface area contributed by atoms with Crippen LogP contribution in [-0.4, -0.2) is 44.1 Å². The average Bonchev–Trinajstić information content (AvgIpc) is 2.50. The first-order chi connectivity index (χ1) is 10.2. The van der Waals surface area contributed by atoms with E-state index in [2.05, 4.69) is 21.2 Å². The lowest BCUT2D eigenvalue weighted by molar-refractivity contribution is -0.133. The molecule has 1 aromatic rings. The van der Waals surface area contributed by atoms with Gasteiger partial charge in [0, 0.05) is 13.1 Å². The zero-order valence-corrected chi connectivity index (χ0v) is 14.1. The number of para-hydroxylation sites is 1. The predicted octanol–water partition coefficient (Wildman–Crippen LogP) is 2.68. The summed E-state index contributed by atoms with van der Waals surface area (Å²) in [7, 11) is 1.98. The van der Waals surface area contributed by atoms with E-state index in [1.54, 1.807) is 0 Å². The summed E-state index contributed by atoms with van der Waals surface area (Å²) in [5.41, 5.74) is 0. The lowest BCUT2D eigenvalue weighted by atomic mass is 9.97. The molecule has 2 rings (SSSR count). The van der Waals surface area contributed by atoms with Crippen LogP contribution in [-0.2, 0) is 4.79 Å². The standard InChI is InChI=1S/C16H23BrN2O2/c1-18-12-13-6-9-19(10-7-13)16(20)8-11-21-15-5-3-2-4-14(15)17/h2-5,13,18H,6-12H2,1H3. The molecule has 1 heterocycles. The molecule has 0 spiro atoms. The Morgan fingerprint density at radius 2 is 2.10 bits per heavy atom. The summed E-state index contributed by atoms with van der Waals surface area (Å²) in [4.78, 5) is 14.1. The summed E-state index contributed by atoms with van der Waals surface area (Å²) in [5, 5.41) is 3.21. The molecule has 0 unspecified atom stereocenters. The molecule has 1 N–H and O–H groups in total. The van der Waals surface area contributed by atoms with Gasteiger partial charge in [0.25, 0.3) is 0 Å². The SMILES string of the molecule is CNCC1CCN(C(=O)CCOc2ccccc2Br)CC1. The highest BCUT2D eigenvalue weighted by molar-refractivity contribution is 9.10. The van der Waals surface area contributed by atoms with Crippen LogP contribution in [0.5, 0.6) is 5.75 Å². The quantitative estimate of drug-likeness (QED) is 0.853. The van der Waals surface area contributed by atoms with Gasteiger partial charge in [0.1, 0.15) is 5.75 Å². The summed E-state index contributed by atoms with van der Waals surface area (Å²) in [6.07, 6.45) is 2.63. The minimum Gasteiger partial charge on any atom is -0.492 e. The molecular formula is C16H23BrN2O2. The lowest BCUT2D eigenvalue weighted by Gasteiger charge is -2.32. The number of rotatable bonds is 6. The van der Waals surface area contributed by atoms with Crippen LogP contribution < -0.4 is 10.1 Å². The topological polar surface area (TPSA) is 41.6 Å². The number of benzene rings is 1. The molecule has 116 valence electrons. The number of carbonyl (C=O) groups excluding carboxylic acids is 1. The minimum atomic E-state index is 0.199. The molecule has 1 aromatic carbocycles. The highest BCUT2D eigenvalue weighted by atomic mass is 79.9. The van der Waals surface area contributed by atoms with E-state index in [0.717, 1.165) is 42.7 Å². The maximum atomic E-state index is 12.2. The average molecular weight is 355 g/mol. The van der Waals surface area contributed by atoms with E-state index in [1.165, 1.54) is 0 Å². The molecular weight excluding hydrogens is 332 g/mol. The maximum Gasteiger partial charge on any atom is 0.225 e. The summed E-state index contributed by atoms with van der Waals surface area (Å²) in [5.74, 6) is 1.69. The monoisotopic (exact) mass is 354 g/mol. The van der Waals surface area contributed by atoms with Gasteiger partial charge < -0.3 is 15.0 Å². The number of nitrogens with one attached hydrogen (secondary N) is 1. The van der Waals surface area contributed by atoms with Gasteiger partial charge in [-0.15, -0.1) is 0 Å². The van der Waals surface area contributed by atoms with Crippen LogP contribution in [0.3, 0.4) is 0 Å². The summed E-state index contributed by atoms with van der Waals surface area (Å²) >= 11 is 3.44. The first-order valence-electron chi connectivity index (χ1n) is 7.50. The Labute approximate surface area is 135 Å². The molecule has 0 saturated carbocycles. The summed E-state index contributed by atoms with van der Waals surface area (Å²) in [6.45, 7) is 3.23. The molecule has 4 nitrogen and oxygen atoms in total. The second kappa shape index (κ2) is 8.39. The van der Waals surface area contributed by atoms with Crippen molar-refractivity contribution in [3.05, 3.63) is 28.7 Å². The zero-order valence-electron chi connectivity index (χ0n) is 12.5. The molecule has 0 aromatic heterocycles. The van der Waals surface area contributed by atoms with Crippen LogP contribution in [0.15, 0.2) is 28.7 Å². The summed E-state index contributed by atoms with van der Waals surface area (Å²) in [6, 6.07) is 7.70. The van der Waals surface area contributed by atoms with Gasteiger partial charge in [-0.3, -0.25) is 4.79 Å². The summed E-state index contributed by atoms with van der Waals surface area (Å²) < 4.78 is 6.58. The highest BCUT2D eigenvalue weighted by Gasteiger charge is 2.22. The fourth-order valence-corrected chi connectivity index (χ4v) is 3.04. The molecule has 0 atom stereocenters. The Morgan fingerprint density at radius 3 is 2.76 bits per heavy atom. The Morgan fingerprint density at radius 1 is 1.38 bits per heavy atom. The van der Waals surface area contributed by atoms with E-state index in [1.807, 2.05) is 36.2 Å². The molecule has 1 aliphatic rings. The van der Waals surface area contributed by atoms with E-state index >= 15 is 0 Å². The van der Waals surface area contributed by atoms with Gasteiger partial charge in [-0.25, -0.2) is 0 Å². The number of hydrogen-bond acceptors (Lipinski definition) is 3. The van der Waals surface area contributed by atoms with E-state index in [-0.39, 0.29) is 5.91 Å². The second-order valence-electron chi connectivity index (χ2n) is 5.41. The van der Waals surface area contributed by atoms with Crippen molar-refractivity contribution >= 4 is 21.8 Å². The number of ether oxygens (including phenoxy) is 1. The van der Waals surface area contributed by atoms with Crippen LogP contribution in [0.4, 0.5) is 0 Å². The number of nitrogens with zero attached hydrogens (tertiary/aromatic N) is 1. The van der Waals surface area contributed by atoms with Crippen molar-refractivity contribution in [1.29, 1.82) is 0 Å². The van der Waals surface area contributed by atoms with Crippen molar-refractivity contribution in [2.24, 2.45) is 5.92 Å². The minimum absolute atomic E-state index is 0.199. The molecule has 21 heavy (non-hydrogen) atoms. The molecule has 1 saturated heterocycles. The van der Waals surface area contributed by atoms with Crippen molar-refractivity contribution in [1.82, 2.24) is 10.2 Å². The number of halogens is 1. The van der Waals surface area contributed by atoms with Crippen LogP contribution in [0, 0.1) is 5.92 Å². The van der Waals surface area contributed by atoms with E-state index in [0.29, 0.717) is 18.9 Å². The van der Waals surface area contributed by atoms with Crippen LogP contribution >= 0.6 is 15.9 Å². The van der Waals surface area contributed by atoms with Gasteiger partial charge in [0.15, 0.2) is 0 Å². The van der Waals surface area contributed by atoms with Crippen LogP contribution in [0.2, 0.25) is 0 Å². The fourth-order valence-electron chi connectivity index (χ4n) is 2.64. The zero-order chi connectivity index (χ0) is 15.1. The number of piperidine rings is 1. The molecule has 0 radical (unpaired) electrons. The smallest absolute Gasteiger partial charge is 0.225 e. The van der Waals surface area contributed by atoms with Gasteiger partial charge in [0.2, 0.25) is 5.91 Å². The Hall–Kier alpha value is -1.07. The molecule has 5 heteroatoms. The normalized spacial score (nSPS) is 16.0. The molecule has 0 aliphatic carbocycles. The first kappa shape index (κ1) is 16.3. The fraction of sp³-hybridized carbons (Fsp3) is 0.562. The second-order valence-corrected chi connectivity index (χ2v) is 6.27. The van der Waals surface area contributed by atoms with Crippen molar-refractivity contribution in [3.8, 4) is 5.75 Å². The van der Waals surface area contributed by atoms with Gasteiger partial charge in [0.05, 0.1) is 17.5 Å². The lowest BCUT2D eigenvalue weighted by Crippen LogP contribution is -2.40.